The van der Waals surface area contributed by atoms with Crippen molar-refractivity contribution in [3.8, 4) is 0 Å². The van der Waals surface area contributed by atoms with Crippen LogP contribution in [0.25, 0.3) is 0 Å². The van der Waals surface area contributed by atoms with Gasteiger partial charge in [0.15, 0.2) is 5.82 Å². The molecule has 1 aromatic carbocycles. The maximum atomic E-state index is 15.4. The number of aliphatic hydroxyl groups is 1. The van der Waals surface area contributed by atoms with Crippen molar-refractivity contribution in [3.05, 3.63) is 40.5 Å². The molecule has 9 heteroatoms. The molecule has 4 unspecified atom stereocenters. The minimum Gasteiger partial charge on any atom is -0.390 e. The fourth-order valence-corrected chi connectivity index (χ4v) is 5.51. The molecule has 1 spiro atoms. The number of piperidine rings is 1. The Morgan fingerprint density at radius 1 is 1.15 bits per heavy atom. The van der Waals surface area contributed by atoms with E-state index >= 15 is 4.39 Å². The van der Waals surface area contributed by atoms with Crippen molar-refractivity contribution >= 4 is 34.8 Å². The van der Waals surface area contributed by atoms with Crippen LogP contribution in [0.5, 0.6) is 0 Å². The molecule has 1 aliphatic heterocycles. The third-order valence-electron chi connectivity index (χ3n) is 9.03. The Morgan fingerprint density at radius 2 is 1.76 bits per heavy atom. The number of rotatable bonds is 9. The highest BCUT2D eigenvalue weighted by atomic mass is 35.5. The molecule has 2 fully saturated rings. The van der Waals surface area contributed by atoms with E-state index in [1.807, 2.05) is 31.7 Å². The van der Waals surface area contributed by atoms with Crippen LogP contribution in [-0.4, -0.2) is 51.3 Å². The second-order valence-corrected chi connectivity index (χ2v) is 14.4. The Hall–Kier alpha value is -2.29. The van der Waals surface area contributed by atoms with E-state index in [9.17, 15) is 4.79 Å². The van der Waals surface area contributed by atoms with Gasteiger partial charge in [-0.3, -0.25) is 0 Å². The number of halogens is 2. The first-order valence-corrected chi connectivity index (χ1v) is 17.5. The lowest BCUT2D eigenvalue weighted by atomic mass is 9.74. The van der Waals surface area contributed by atoms with Crippen LogP contribution in [0.15, 0.2) is 24.4 Å². The zero-order valence-corrected chi connectivity index (χ0v) is 31.3. The SMILES string of the molecule is CCCC.CCCC(C)(C)O.CCCCC(C)=O.Cc1ccc(Nc2nc(N3CC(C)C(C)(F)C4(CC4N)C3)ncc2Cl)cc1C. The Labute approximate surface area is 284 Å². The number of unbranched alkanes of at least 4 members (excludes halogenated alkanes) is 2. The molecule has 4 rings (SSSR count). The number of hydrogen-bond acceptors (Lipinski definition) is 7. The molecular weight excluding hydrogens is 601 g/mol. The van der Waals surface area contributed by atoms with Gasteiger partial charge in [0, 0.05) is 42.6 Å². The summed E-state index contributed by atoms with van der Waals surface area (Å²) in [5, 5.41) is 12.7. The van der Waals surface area contributed by atoms with Crippen LogP contribution in [-0.2, 0) is 4.79 Å². The van der Waals surface area contributed by atoms with Gasteiger partial charge in [0.25, 0.3) is 0 Å². The summed E-state index contributed by atoms with van der Waals surface area (Å²) in [5.41, 5.74) is 7.23. The van der Waals surface area contributed by atoms with E-state index in [4.69, 9.17) is 22.4 Å². The predicted octanol–water partition coefficient (Wildman–Crippen LogP) is 9.52. The lowest BCUT2D eigenvalue weighted by Crippen LogP contribution is -2.57. The van der Waals surface area contributed by atoms with Crippen LogP contribution in [0.2, 0.25) is 5.02 Å². The summed E-state index contributed by atoms with van der Waals surface area (Å²) in [6, 6.07) is 5.99. The molecule has 1 aliphatic carbocycles. The standard InChI is InChI=1S/C21H27ClFN5.C6H14O.C6H12O.C4H10/c1-12-5-6-15(7-13(12)2)26-18-16(22)9-25-19(27-18)28-10-14(3)20(4,23)21(11-28)8-17(21)24;1-4-5-6(2,3)7;1-3-4-5-6(2)7;1-3-4-2/h5-7,9,14,17H,8,10-11,24H2,1-4H3,(H,25,26,27);7H,4-5H2,1-3H3;3-5H2,1-2H3;3-4H2,1-2H3. The third kappa shape index (κ3) is 12.7. The average molecular weight is 664 g/mol. The molecule has 2 heterocycles. The van der Waals surface area contributed by atoms with Crippen LogP contribution in [0.1, 0.15) is 125 Å². The van der Waals surface area contributed by atoms with Crippen molar-refractivity contribution < 1.29 is 14.3 Å². The molecule has 1 saturated carbocycles. The molecule has 2 aliphatic rings. The van der Waals surface area contributed by atoms with E-state index < -0.39 is 16.7 Å². The molecule has 0 radical (unpaired) electrons. The van der Waals surface area contributed by atoms with Crippen molar-refractivity contribution in [2.45, 2.75) is 145 Å². The molecule has 46 heavy (non-hydrogen) atoms. The number of Topliss-reactive ketones (excluding diaryl/α,β-unsaturated/α-hetero) is 1. The Balaban J connectivity index is 0.000000483. The molecule has 1 aromatic heterocycles. The predicted molar refractivity (Wildman–Crippen MR) is 194 cm³/mol. The maximum Gasteiger partial charge on any atom is 0.227 e. The second-order valence-electron chi connectivity index (χ2n) is 14.0. The first kappa shape index (κ1) is 41.7. The lowest BCUT2D eigenvalue weighted by Gasteiger charge is -2.46. The highest BCUT2D eigenvalue weighted by molar-refractivity contribution is 6.32. The van der Waals surface area contributed by atoms with E-state index in [0.29, 0.717) is 42.1 Å². The van der Waals surface area contributed by atoms with Gasteiger partial charge in [-0.15, -0.1) is 0 Å². The van der Waals surface area contributed by atoms with E-state index in [0.717, 1.165) is 37.8 Å². The van der Waals surface area contributed by atoms with Crippen molar-refractivity contribution in [1.82, 2.24) is 9.97 Å². The van der Waals surface area contributed by atoms with Gasteiger partial charge in [-0.1, -0.05) is 78.0 Å². The van der Waals surface area contributed by atoms with Gasteiger partial charge in [0.1, 0.15) is 16.5 Å². The first-order valence-electron chi connectivity index (χ1n) is 17.2. The zero-order chi connectivity index (χ0) is 35.3. The number of ketones is 1. The fraction of sp³-hybridized carbons (Fsp3) is 0.703. The molecule has 4 atom stereocenters. The van der Waals surface area contributed by atoms with Gasteiger partial charge in [-0.05, 0) is 84.1 Å². The zero-order valence-electron chi connectivity index (χ0n) is 30.6. The average Bonchev–Trinajstić information content (AvgIpc) is 3.64. The minimum absolute atomic E-state index is 0.117. The number of hydrogen-bond donors (Lipinski definition) is 3. The number of benzene rings is 1. The lowest BCUT2D eigenvalue weighted by molar-refractivity contribution is -0.117. The smallest absolute Gasteiger partial charge is 0.227 e. The summed E-state index contributed by atoms with van der Waals surface area (Å²) in [6.45, 7) is 22.6. The molecule has 2 aromatic rings. The Morgan fingerprint density at radius 3 is 2.17 bits per heavy atom. The summed E-state index contributed by atoms with van der Waals surface area (Å²) in [6.07, 6.45) is 9.82. The van der Waals surface area contributed by atoms with Gasteiger partial charge < -0.3 is 25.9 Å². The Bertz CT molecular complexity index is 1220. The summed E-state index contributed by atoms with van der Waals surface area (Å²) in [4.78, 5) is 21.3. The number of carbonyl (C=O) groups is 1. The summed E-state index contributed by atoms with van der Waals surface area (Å²) >= 11 is 6.34. The van der Waals surface area contributed by atoms with Gasteiger partial charge in [-0.2, -0.15) is 4.98 Å². The van der Waals surface area contributed by atoms with E-state index in [1.165, 1.54) is 24.0 Å². The van der Waals surface area contributed by atoms with Gasteiger partial charge in [-0.25, -0.2) is 9.37 Å². The van der Waals surface area contributed by atoms with Crippen LogP contribution in [0, 0.1) is 25.2 Å². The van der Waals surface area contributed by atoms with Gasteiger partial charge in [0.05, 0.1) is 11.8 Å². The monoisotopic (exact) mass is 663 g/mol. The van der Waals surface area contributed by atoms with Crippen molar-refractivity contribution in [2.75, 3.05) is 23.3 Å². The molecule has 7 nitrogen and oxygen atoms in total. The molecule has 262 valence electrons. The highest BCUT2D eigenvalue weighted by Gasteiger charge is 2.68. The van der Waals surface area contributed by atoms with Crippen molar-refractivity contribution in [1.29, 1.82) is 0 Å². The number of aryl methyl sites for hydroxylation is 2. The normalized spacial score (nSPS) is 23.2. The molecule has 0 bridgehead atoms. The Kier molecular flexibility index (Phi) is 17.1. The number of alkyl halides is 1. The molecule has 1 saturated heterocycles. The van der Waals surface area contributed by atoms with E-state index in [2.05, 4.69) is 69.0 Å². The van der Waals surface area contributed by atoms with Gasteiger partial charge >= 0.3 is 0 Å². The summed E-state index contributed by atoms with van der Waals surface area (Å²) in [7, 11) is 0. The number of nitrogens with one attached hydrogen (secondary N) is 1. The topological polar surface area (TPSA) is 104 Å². The number of carbonyl (C=O) groups excluding carboxylic acids is 1. The van der Waals surface area contributed by atoms with Crippen LogP contribution < -0.4 is 16.0 Å². The van der Waals surface area contributed by atoms with E-state index in [1.54, 1.807) is 20.0 Å². The largest absolute Gasteiger partial charge is 0.390 e. The molecule has 0 amide bonds. The number of nitrogens with zero attached hydrogens (tertiary/aromatic N) is 3. The quantitative estimate of drug-likeness (QED) is 0.245. The molecule has 4 N–H and O–H groups in total. The minimum atomic E-state index is -1.28. The van der Waals surface area contributed by atoms with Crippen molar-refractivity contribution in [3.63, 3.8) is 0 Å². The number of aromatic nitrogens is 2. The molecular formula is C37H63ClFN5O2. The number of nitrogens with two attached hydrogens (primary N) is 1. The fourth-order valence-electron chi connectivity index (χ4n) is 5.37. The maximum absolute atomic E-state index is 15.4. The van der Waals surface area contributed by atoms with Crippen LogP contribution in [0.4, 0.5) is 21.8 Å². The number of anilines is 3. The highest BCUT2D eigenvalue weighted by Crippen LogP contribution is 2.60. The summed E-state index contributed by atoms with van der Waals surface area (Å²) < 4.78 is 15.4. The van der Waals surface area contributed by atoms with Gasteiger partial charge in [0.2, 0.25) is 5.95 Å². The van der Waals surface area contributed by atoms with Crippen molar-refractivity contribution in [2.24, 2.45) is 17.1 Å². The first-order chi connectivity index (χ1) is 21.4. The third-order valence-corrected chi connectivity index (χ3v) is 9.30. The second kappa shape index (κ2) is 18.9. The van der Waals surface area contributed by atoms with E-state index in [-0.39, 0.29) is 12.0 Å². The summed E-state index contributed by atoms with van der Waals surface area (Å²) in [5.74, 6) is 1.24. The van der Waals surface area contributed by atoms with Crippen LogP contribution >= 0.6 is 11.6 Å². The van der Waals surface area contributed by atoms with Crippen LogP contribution in [0.3, 0.4) is 0 Å².